The Balaban J connectivity index is 2.47. The van der Waals surface area contributed by atoms with E-state index in [1.165, 1.54) is 11.4 Å². The topological polar surface area (TPSA) is 6.48 Å². The van der Waals surface area contributed by atoms with Gasteiger partial charge in [0.25, 0.3) is 0 Å². The molecule has 0 aromatic heterocycles. The van der Waals surface area contributed by atoms with E-state index in [2.05, 4.69) is 76.2 Å². The molecule has 1 aliphatic rings. The van der Waals surface area contributed by atoms with Crippen molar-refractivity contribution in [3.63, 3.8) is 0 Å². The van der Waals surface area contributed by atoms with E-state index in [0.717, 1.165) is 13.1 Å². The third kappa shape index (κ3) is 1.50. The minimum Gasteiger partial charge on any atom is -0.311 e. The first kappa shape index (κ1) is 8.86. The van der Waals surface area contributed by atoms with Crippen molar-refractivity contribution in [1.82, 2.24) is 0 Å². The lowest BCUT2D eigenvalue weighted by Crippen LogP contribution is -2.29. The molecule has 0 atom stereocenters. The zero-order chi connectivity index (χ0) is 8.55. The van der Waals surface area contributed by atoms with E-state index in [-0.39, 0.29) is 0 Å². The van der Waals surface area contributed by atoms with E-state index >= 15 is 0 Å². The molecule has 0 saturated carbocycles. The number of hydrogen-bond acceptors (Lipinski definition) is 2. The fourth-order valence-electron chi connectivity index (χ4n) is 1.29. The molecule has 1 aromatic rings. The highest BCUT2D eigenvalue weighted by Crippen LogP contribution is 2.36. The second-order valence-electron chi connectivity index (χ2n) is 2.66. The van der Waals surface area contributed by atoms with Gasteiger partial charge in [0.15, 0.2) is 0 Å². The predicted octanol–water partition coefficient (Wildman–Crippen LogP) is 3.01. The number of rotatable bonds is 0. The molecule has 0 radical (unpaired) electrons. The molecule has 1 aliphatic heterocycles. The number of hydrogen-bond donors (Lipinski definition) is 0. The van der Waals surface area contributed by atoms with E-state index in [9.17, 15) is 0 Å². The number of nitrogens with zero attached hydrogens (tertiary/aromatic N) is 2. The number of halogens is 2. The SMILES string of the molecule is IN1CCN(I)c2ccccc21. The van der Waals surface area contributed by atoms with Crippen LogP contribution in [0.2, 0.25) is 0 Å². The largest absolute Gasteiger partial charge is 0.311 e. The van der Waals surface area contributed by atoms with Crippen LogP contribution in [0.1, 0.15) is 0 Å². The van der Waals surface area contributed by atoms with Crippen molar-refractivity contribution >= 4 is 57.1 Å². The van der Waals surface area contributed by atoms with Crippen LogP contribution >= 0.6 is 45.7 Å². The van der Waals surface area contributed by atoms with Crippen molar-refractivity contribution in [2.45, 2.75) is 0 Å². The Morgan fingerprint density at radius 3 is 1.75 bits per heavy atom. The zero-order valence-electron chi connectivity index (χ0n) is 6.37. The van der Waals surface area contributed by atoms with Gasteiger partial charge in [-0.1, -0.05) is 12.1 Å². The Labute approximate surface area is 99.9 Å². The van der Waals surface area contributed by atoms with Crippen molar-refractivity contribution in [2.24, 2.45) is 0 Å². The molecular formula is C8H8I2N2. The highest BCUT2D eigenvalue weighted by Gasteiger charge is 2.18. The summed E-state index contributed by atoms with van der Waals surface area (Å²) in [5, 5.41) is 0. The van der Waals surface area contributed by atoms with Crippen LogP contribution in [-0.4, -0.2) is 13.1 Å². The zero-order valence-corrected chi connectivity index (χ0v) is 10.7. The van der Waals surface area contributed by atoms with Crippen LogP contribution in [0.5, 0.6) is 0 Å². The molecule has 2 nitrogen and oxygen atoms in total. The summed E-state index contributed by atoms with van der Waals surface area (Å²) in [6.07, 6.45) is 0. The molecule has 0 unspecified atom stereocenters. The van der Waals surface area contributed by atoms with E-state index in [1.54, 1.807) is 0 Å². The molecule has 1 heterocycles. The van der Waals surface area contributed by atoms with Gasteiger partial charge in [-0.25, -0.2) is 0 Å². The highest BCUT2D eigenvalue weighted by atomic mass is 127. The fraction of sp³-hybridized carbons (Fsp3) is 0.250. The van der Waals surface area contributed by atoms with Gasteiger partial charge in [0, 0.05) is 13.1 Å². The summed E-state index contributed by atoms with van der Waals surface area (Å²) in [6, 6.07) is 8.49. The van der Waals surface area contributed by atoms with Crippen LogP contribution in [0, 0.1) is 0 Å². The van der Waals surface area contributed by atoms with E-state index in [4.69, 9.17) is 0 Å². The molecule has 0 fully saturated rings. The Morgan fingerprint density at radius 2 is 1.33 bits per heavy atom. The van der Waals surface area contributed by atoms with Gasteiger partial charge < -0.3 is 6.23 Å². The molecule has 0 spiro atoms. The number of anilines is 2. The molecule has 4 heteroatoms. The quantitative estimate of drug-likeness (QED) is 0.500. The van der Waals surface area contributed by atoms with Gasteiger partial charge in [-0.2, -0.15) is 0 Å². The molecule has 0 amide bonds. The lowest BCUT2D eigenvalue weighted by Gasteiger charge is -2.31. The number of benzene rings is 1. The van der Waals surface area contributed by atoms with Gasteiger partial charge >= 0.3 is 0 Å². The summed E-state index contributed by atoms with van der Waals surface area (Å²) >= 11 is 4.72. The van der Waals surface area contributed by atoms with Crippen molar-refractivity contribution in [3.05, 3.63) is 24.3 Å². The summed E-state index contributed by atoms with van der Waals surface area (Å²) in [7, 11) is 0. The highest BCUT2D eigenvalue weighted by molar-refractivity contribution is 14.1. The average molecular weight is 386 g/mol. The van der Waals surface area contributed by atoms with E-state index in [0.29, 0.717) is 0 Å². The Hall–Kier alpha value is 0.280. The molecule has 0 bridgehead atoms. The monoisotopic (exact) mass is 386 g/mol. The minimum absolute atomic E-state index is 1.10. The Bertz CT molecular complexity index is 261. The average Bonchev–Trinajstić information content (AvgIpc) is 2.12. The summed E-state index contributed by atoms with van der Waals surface area (Å²) in [5.74, 6) is 0. The van der Waals surface area contributed by atoms with Gasteiger partial charge in [0.2, 0.25) is 0 Å². The van der Waals surface area contributed by atoms with Crippen molar-refractivity contribution < 1.29 is 0 Å². The summed E-state index contributed by atoms with van der Waals surface area (Å²) in [4.78, 5) is 0. The summed E-state index contributed by atoms with van der Waals surface area (Å²) < 4.78 is 4.53. The standard InChI is InChI=1S/C8H8I2N2/c9-11-5-6-12(10)8-4-2-1-3-7(8)11/h1-4H,5-6H2. The molecule has 64 valence electrons. The molecule has 12 heavy (non-hydrogen) atoms. The maximum Gasteiger partial charge on any atom is 0.0699 e. The Kier molecular flexibility index (Phi) is 2.63. The van der Waals surface area contributed by atoms with Crippen LogP contribution in [0.25, 0.3) is 0 Å². The van der Waals surface area contributed by atoms with Crippen LogP contribution in [-0.2, 0) is 0 Å². The maximum atomic E-state index is 2.36. The minimum atomic E-state index is 1.10. The summed E-state index contributed by atoms with van der Waals surface area (Å²) in [6.45, 7) is 2.20. The number of para-hydroxylation sites is 2. The van der Waals surface area contributed by atoms with Crippen molar-refractivity contribution in [3.8, 4) is 0 Å². The molecule has 0 aliphatic carbocycles. The molecule has 0 N–H and O–H groups in total. The first-order chi connectivity index (χ1) is 5.79. The van der Waals surface area contributed by atoms with Gasteiger partial charge in [0.05, 0.1) is 57.1 Å². The lowest BCUT2D eigenvalue weighted by molar-refractivity contribution is 0.964. The number of fused-ring (bicyclic) bond motifs is 1. The fourth-order valence-corrected chi connectivity index (χ4v) is 2.54. The molecule has 1 aromatic carbocycles. The first-order valence-corrected chi connectivity index (χ1v) is 5.67. The van der Waals surface area contributed by atoms with E-state index < -0.39 is 0 Å². The van der Waals surface area contributed by atoms with Gasteiger partial charge in [-0.3, -0.25) is 0 Å². The van der Waals surface area contributed by atoms with Crippen LogP contribution in [0.3, 0.4) is 0 Å². The van der Waals surface area contributed by atoms with Gasteiger partial charge in [-0.05, 0) is 12.1 Å². The molecular weight excluding hydrogens is 378 g/mol. The van der Waals surface area contributed by atoms with Crippen LogP contribution in [0.15, 0.2) is 24.3 Å². The van der Waals surface area contributed by atoms with Crippen LogP contribution in [0.4, 0.5) is 11.4 Å². The lowest BCUT2D eigenvalue weighted by atomic mass is 10.2. The van der Waals surface area contributed by atoms with E-state index in [1.807, 2.05) is 0 Å². The van der Waals surface area contributed by atoms with Gasteiger partial charge in [0.1, 0.15) is 0 Å². The smallest absolute Gasteiger partial charge is 0.0699 e. The second-order valence-corrected chi connectivity index (χ2v) is 4.99. The predicted molar refractivity (Wildman–Crippen MR) is 69.2 cm³/mol. The third-order valence-corrected chi connectivity index (χ3v) is 3.90. The van der Waals surface area contributed by atoms with Crippen LogP contribution < -0.4 is 6.23 Å². The third-order valence-electron chi connectivity index (χ3n) is 1.90. The summed E-state index contributed by atoms with van der Waals surface area (Å²) in [5.41, 5.74) is 2.64. The normalized spacial score (nSPS) is 16.2. The first-order valence-electron chi connectivity index (χ1n) is 3.75. The molecule has 2 rings (SSSR count). The van der Waals surface area contributed by atoms with Crippen molar-refractivity contribution in [1.29, 1.82) is 0 Å². The van der Waals surface area contributed by atoms with Gasteiger partial charge in [-0.15, -0.1) is 0 Å². The second kappa shape index (κ2) is 3.57. The maximum absolute atomic E-state index is 2.36. The van der Waals surface area contributed by atoms with Crippen molar-refractivity contribution in [2.75, 3.05) is 19.3 Å². The Morgan fingerprint density at radius 1 is 0.917 bits per heavy atom. The molecule has 0 saturated heterocycles.